The van der Waals surface area contributed by atoms with Gasteiger partial charge in [-0.05, 0) is 37.6 Å². The van der Waals surface area contributed by atoms with Crippen LogP contribution in [0.15, 0.2) is 24.3 Å². The van der Waals surface area contributed by atoms with Crippen LogP contribution < -0.4 is 4.74 Å². The summed E-state index contributed by atoms with van der Waals surface area (Å²) in [5.41, 5.74) is 3.65. The van der Waals surface area contributed by atoms with E-state index in [1.165, 1.54) is 0 Å². The molecule has 2 aromatic rings. The molecule has 0 fully saturated rings. The third-order valence-electron chi connectivity index (χ3n) is 3.16. The lowest BCUT2D eigenvalue weighted by molar-refractivity contribution is 0.276. The zero-order valence-electron chi connectivity index (χ0n) is 11.4. The molecule has 0 spiro atoms. The SMILES string of the molecule is CCCCOc1ccc(-c2n[nH]c(CO)c2C)cc1. The first-order valence-electron chi connectivity index (χ1n) is 6.64. The Morgan fingerprint density at radius 2 is 2.00 bits per heavy atom. The van der Waals surface area contributed by atoms with E-state index >= 15 is 0 Å². The van der Waals surface area contributed by atoms with Crippen molar-refractivity contribution in [2.24, 2.45) is 0 Å². The first-order chi connectivity index (χ1) is 9.26. The molecular formula is C15H20N2O2. The van der Waals surface area contributed by atoms with Gasteiger partial charge in [-0.2, -0.15) is 5.10 Å². The number of ether oxygens (including phenoxy) is 1. The molecular weight excluding hydrogens is 240 g/mol. The second-order valence-corrected chi connectivity index (χ2v) is 4.56. The van der Waals surface area contributed by atoms with E-state index in [0.29, 0.717) is 0 Å². The molecule has 1 heterocycles. The van der Waals surface area contributed by atoms with Crippen LogP contribution in [0.5, 0.6) is 5.75 Å². The van der Waals surface area contributed by atoms with Crippen LogP contribution in [0.2, 0.25) is 0 Å². The van der Waals surface area contributed by atoms with Crippen LogP contribution >= 0.6 is 0 Å². The second kappa shape index (κ2) is 6.38. The molecule has 0 bridgehead atoms. The zero-order valence-corrected chi connectivity index (χ0v) is 11.4. The summed E-state index contributed by atoms with van der Waals surface area (Å²) in [4.78, 5) is 0. The van der Waals surface area contributed by atoms with Crippen LogP contribution in [0.4, 0.5) is 0 Å². The quantitative estimate of drug-likeness (QED) is 0.785. The number of benzene rings is 1. The summed E-state index contributed by atoms with van der Waals surface area (Å²) in [5.74, 6) is 0.882. The Kier molecular flexibility index (Phi) is 4.58. The number of nitrogens with one attached hydrogen (secondary N) is 1. The molecule has 0 amide bonds. The van der Waals surface area contributed by atoms with Crippen LogP contribution in [-0.2, 0) is 6.61 Å². The summed E-state index contributed by atoms with van der Waals surface area (Å²) in [7, 11) is 0. The predicted molar refractivity (Wildman–Crippen MR) is 75.1 cm³/mol. The highest BCUT2D eigenvalue weighted by molar-refractivity contribution is 5.64. The van der Waals surface area contributed by atoms with E-state index in [1.54, 1.807) is 0 Å². The Hall–Kier alpha value is -1.81. The van der Waals surface area contributed by atoms with Gasteiger partial charge in [0.25, 0.3) is 0 Å². The summed E-state index contributed by atoms with van der Waals surface area (Å²) < 4.78 is 5.63. The Morgan fingerprint density at radius 3 is 2.58 bits per heavy atom. The lowest BCUT2D eigenvalue weighted by Gasteiger charge is -2.06. The smallest absolute Gasteiger partial charge is 0.119 e. The number of nitrogens with zero attached hydrogens (tertiary/aromatic N) is 1. The van der Waals surface area contributed by atoms with Gasteiger partial charge in [0, 0.05) is 11.1 Å². The molecule has 0 unspecified atom stereocenters. The van der Waals surface area contributed by atoms with Crippen molar-refractivity contribution < 1.29 is 9.84 Å². The molecule has 19 heavy (non-hydrogen) atoms. The van der Waals surface area contributed by atoms with E-state index in [-0.39, 0.29) is 6.61 Å². The number of aromatic amines is 1. The Labute approximate surface area is 113 Å². The molecule has 2 N–H and O–H groups in total. The van der Waals surface area contributed by atoms with Crippen LogP contribution in [0.25, 0.3) is 11.3 Å². The van der Waals surface area contributed by atoms with Crippen molar-refractivity contribution in [3.63, 3.8) is 0 Å². The number of aliphatic hydroxyl groups is 1. The monoisotopic (exact) mass is 260 g/mol. The van der Waals surface area contributed by atoms with Crippen molar-refractivity contribution in [2.45, 2.75) is 33.3 Å². The van der Waals surface area contributed by atoms with Crippen molar-refractivity contribution in [2.75, 3.05) is 6.61 Å². The van der Waals surface area contributed by atoms with Crippen molar-refractivity contribution >= 4 is 0 Å². The molecule has 102 valence electrons. The third-order valence-corrected chi connectivity index (χ3v) is 3.16. The molecule has 0 aliphatic heterocycles. The lowest BCUT2D eigenvalue weighted by atomic mass is 10.1. The summed E-state index contributed by atoms with van der Waals surface area (Å²) in [5, 5.41) is 16.2. The lowest BCUT2D eigenvalue weighted by Crippen LogP contribution is -1.96. The third kappa shape index (κ3) is 3.15. The van der Waals surface area contributed by atoms with E-state index in [0.717, 1.165) is 47.7 Å². The minimum absolute atomic E-state index is 0.0168. The molecule has 1 aromatic carbocycles. The van der Waals surface area contributed by atoms with Gasteiger partial charge in [0.1, 0.15) is 5.75 Å². The van der Waals surface area contributed by atoms with Crippen LogP contribution in [0, 0.1) is 6.92 Å². The molecule has 0 atom stereocenters. The van der Waals surface area contributed by atoms with Crippen LogP contribution in [0.1, 0.15) is 31.0 Å². The number of rotatable bonds is 6. The van der Waals surface area contributed by atoms with E-state index in [2.05, 4.69) is 17.1 Å². The van der Waals surface area contributed by atoms with Crippen LogP contribution in [0.3, 0.4) is 0 Å². The Balaban J connectivity index is 2.11. The number of aliphatic hydroxyl groups excluding tert-OH is 1. The van der Waals surface area contributed by atoms with Gasteiger partial charge < -0.3 is 9.84 Å². The minimum Gasteiger partial charge on any atom is -0.494 e. The minimum atomic E-state index is -0.0168. The van der Waals surface area contributed by atoms with Crippen LogP contribution in [-0.4, -0.2) is 21.9 Å². The average molecular weight is 260 g/mol. The highest BCUT2D eigenvalue weighted by atomic mass is 16.5. The van der Waals surface area contributed by atoms with Gasteiger partial charge in [0.05, 0.1) is 24.6 Å². The number of unbranched alkanes of at least 4 members (excludes halogenated alkanes) is 1. The van der Waals surface area contributed by atoms with Gasteiger partial charge in [-0.25, -0.2) is 0 Å². The van der Waals surface area contributed by atoms with E-state index in [1.807, 2.05) is 31.2 Å². The fraction of sp³-hybridized carbons (Fsp3) is 0.400. The van der Waals surface area contributed by atoms with E-state index in [9.17, 15) is 0 Å². The number of H-pyrrole nitrogens is 1. The maximum atomic E-state index is 9.15. The van der Waals surface area contributed by atoms with Crippen molar-refractivity contribution in [1.29, 1.82) is 0 Å². The van der Waals surface area contributed by atoms with Gasteiger partial charge in [0.2, 0.25) is 0 Å². The average Bonchev–Trinajstić information content (AvgIpc) is 2.81. The zero-order chi connectivity index (χ0) is 13.7. The highest BCUT2D eigenvalue weighted by Gasteiger charge is 2.09. The summed E-state index contributed by atoms with van der Waals surface area (Å²) in [6.07, 6.45) is 2.20. The van der Waals surface area contributed by atoms with Gasteiger partial charge in [0.15, 0.2) is 0 Å². The van der Waals surface area contributed by atoms with E-state index in [4.69, 9.17) is 9.84 Å². The number of hydrogen-bond donors (Lipinski definition) is 2. The molecule has 4 heteroatoms. The molecule has 0 aliphatic rings. The topological polar surface area (TPSA) is 58.1 Å². The molecule has 0 saturated carbocycles. The first-order valence-corrected chi connectivity index (χ1v) is 6.64. The summed E-state index contributed by atoms with van der Waals surface area (Å²) in [6, 6.07) is 7.90. The standard InChI is InChI=1S/C15H20N2O2/c1-3-4-9-19-13-7-5-12(6-8-13)15-11(2)14(10-18)16-17-15/h5-8,18H,3-4,9-10H2,1-2H3,(H,16,17). The molecule has 1 aromatic heterocycles. The second-order valence-electron chi connectivity index (χ2n) is 4.56. The molecule has 2 rings (SSSR count). The first kappa shape index (κ1) is 13.6. The molecule has 0 aliphatic carbocycles. The highest BCUT2D eigenvalue weighted by Crippen LogP contribution is 2.25. The van der Waals surface area contributed by atoms with Crippen molar-refractivity contribution in [3.8, 4) is 17.0 Å². The summed E-state index contributed by atoms with van der Waals surface area (Å²) >= 11 is 0. The molecule has 4 nitrogen and oxygen atoms in total. The number of aromatic nitrogens is 2. The fourth-order valence-electron chi connectivity index (χ4n) is 1.91. The van der Waals surface area contributed by atoms with Crippen molar-refractivity contribution in [3.05, 3.63) is 35.5 Å². The summed E-state index contributed by atoms with van der Waals surface area (Å²) in [6.45, 7) is 4.84. The van der Waals surface area contributed by atoms with Gasteiger partial charge in [-0.15, -0.1) is 0 Å². The van der Waals surface area contributed by atoms with Gasteiger partial charge >= 0.3 is 0 Å². The predicted octanol–water partition coefficient (Wildman–Crippen LogP) is 3.06. The maximum Gasteiger partial charge on any atom is 0.119 e. The Morgan fingerprint density at radius 1 is 1.26 bits per heavy atom. The van der Waals surface area contributed by atoms with Gasteiger partial charge in [-0.3, -0.25) is 5.10 Å². The molecule has 0 saturated heterocycles. The van der Waals surface area contributed by atoms with E-state index < -0.39 is 0 Å². The fourth-order valence-corrected chi connectivity index (χ4v) is 1.91. The largest absolute Gasteiger partial charge is 0.494 e. The Bertz CT molecular complexity index is 517. The maximum absolute atomic E-state index is 9.15. The number of hydrogen-bond acceptors (Lipinski definition) is 3. The van der Waals surface area contributed by atoms with Crippen molar-refractivity contribution in [1.82, 2.24) is 10.2 Å². The molecule has 0 radical (unpaired) electrons. The van der Waals surface area contributed by atoms with Gasteiger partial charge in [-0.1, -0.05) is 13.3 Å². The normalized spacial score (nSPS) is 10.7.